The first kappa shape index (κ1) is 14.4. The first-order valence-electron chi connectivity index (χ1n) is 7.37. The number of nitrogens with zero attached hydrogens (tertiary/aromatic N) is 1. The van der Waals surface area contributed by atoms with E-state index in [4.69, 9.17) is 9.47 Å². The predicted octanol–water partition coefficient (Wildman–Crippen LogP) is 3.80. The molecule has 0 N–H and O–H groups in total. The molecule has 112 valence electrons. The van der Waals surface area contributed by atoms with Gasteiger partial charge in [-0.25, -0.2) is 0 Å². The van der Waals surface area contributed by atoms with Gasteiger partial charge in [0.15, 0.2) is 0 Å². The molecule has 0 unspecified atom stereocenters. The number of rotatable bonds is 5. The van der Waals surface area contributed by atoms with Crippen molar-refractivity contribution in [1.82, 2.24) is 4.90 Å². The van der Waals surface area contributed by atoms with E-state index in [1.807, 2.05) is 24.3 Å². The first-order chi connectivity index (χ1) is 10.3. The minimum atomic E-state index is 0.331. The van der Waals surface area contributed by atoms with Crippen LogP contribution in [0.3, 0.4) is 0 Å². The Bertz CT molecular complexity index is 530. The van der Waals surface area contributed by atoms with Crippen LogP contribution in [0.15, 0.2) is 41.1 Å². The van der Waals surface area contributed by atoms with Crippen molar-refractivity contribution in [3.63, 3.8) is 0 Å². The minimum Gasteiger partial charge on any atom is -0.497 e. The molecule has 1 fully saturated rings. The second-order valence-electron chi connectivity index (χ2n) is 5.40. The summed E-state index contributed by atoms with van der Waals surface area (Å²) in [5.41, 5.74) is 1.43. The lowest BCUT2D eigenvalue weighted by molar-refractivity contribution is 0.0968. The van der Waals surface area contributed by atoms with E-state index in [1.54, 1.807) is 18.4 Å². The van der Waals surface area contributed by atoms with Crippen LogP contribution in [-0.2, 0) is 6.54 Å². The van der Waals surface area contributed by atoms with E-state index in [2.05, 4.69) is 21.7 Å². The van der Waals surface area contributed by atoms with Gasteiger partial charge >= 0.3 is 0 Å². The van der Waals surface area contributed by atoms with E-state index in [9.17, 15) is 0 Å². The smallest absolute Gasteiger partial charge is 0.119 e. The van der Waals surface area contributed by atoms with Crippen LogP contribution in [0.2, 0.25) is 0 Å². The van der Waals surface area contributed by atoms with E-state index >= 15 is 0 Å². The average molecular weight is 303 g/mol. The Morgan fingerprint density at radius 3 is 2.43 bits per heavy atom. The monoisotopic (exact) mass is 303 g/mol. The molecule has 2 aromatic rings. The Labute approximate surface area is 130 Å². The Kier molecular flexibility index (Phi) is 4.78. The topological polar surface area (TPSA) is 21.7 Å². The highest BCUT2D eigenvalue weighted by Crippen LogP contribution is 2.22. The summed E-state index contributed by atoms with van der Waals surface area (Å²) >= 11 is 1.77. The van der Waals surface area contributed by atoms with Gasteiger partial charge in [0.25, 0.3) is 0 Å². The summed E-state index contributed by atoms with van der Waals surface area (Å²) in [5.74, 6) is 1.81. The van der Waals surface area contributed by atoms with Gasteiger partial charge in [0.1, 0.15) is 17.6 Å². The van der Waals surface area contributed by atoms with Gasteiger partial charge in [0.2, 0.25) is 0 Å². The fourth-order valence-electron chi connectivity index (χ4n) is 2.67. The first-order valence-corrected chi connectivity index (χ1v) is 8.32. The standard InChI is InChI=1S/C17H21NO2S/c1-19-15-2-4-16(5-3-15)20-17-6-9-18(10-7-17)12-14-8-11-21-13-14/h2-5,8,11,13,17H,6-7,9-10,12H2,1H3. The molecule has 2 heterocycles. The van der Waals surface area contributed by atoms with Crippen LogP contribution in [0.5, 0.6) is 11.5 Å². The van der Waals surface area contributed by atoms with Crippen molar-refractivity contribution in [3.8, 4) is 11.5 Å². The molecular formula is C17H21NO2S. The quantitative estimate of drug-likeness (QED) is 0.838. The van der Waals surface area contributed by atoms with Crippen molar-refractivity contribution in [2.45, 2.75) is 25.5 Å². The van der Waals surface area contributed by atoms with Gasteiger partial charge in [0.05, 0.1) is 7.11 Å². The summed E-state index contributed by atoms with van der Waals surface area (Å²) in [4.78, 5) is 2.51. The van der Waals surface area contributed by atoms with Gasteiger partial charge in [-0.2, -0.15) is 11.3 Å². The number of likely N-dealkylation sites (tertiary alicyclic amines) is 1. The number of piperidine rings is 1. The van der Waals surface area contributed by atoms with E-state index < -0.39 is 0 Å². The second-order valence-corrected chi connectivity index (χ2v) is 6.18. The zero-order valence-electron chi connectivity index (χ0n) is 12.3. The number of methoxy groups -OCH3 is 1. The van der Waals surface area contributed by atoms with Gasteiger partial charge < -0.3 is 9.47 Å². The van der Waals surface area contributed by atoms with E-state index in [-0.39, 0.29) is 0 Å². The van der Waals surface area contributed by atoms with Gasteiger partial charge in [-0.15, -0.1) is 0 Å². The zero-order chi connectivity index (χ0) is 14.5. The molecule has 0 radical (unpaired) electrons. The summed E-state index contributed by atoms with van der Waals surface area (Å²) in [5, 5.41) is 4.38. The third kappa shape index (κ3) is 3.99. The van der Waals surface area contributed by atoms with Gasteiger partial charge in [-0.3, -0.25) is 4.90 Å². The maximum atomic E-state index is 6.06. The summed E-state index contributed by atoms with van der Waals surface area (Å²) in [6, 6.07) is 10.1. The Hall–Kier alpha value is -1.52. The molecule has 1 aliphatic heterocycles. The molecule has 0 spiro atoms. The molecule has 1 aliphatic rings. The lowest BCUT2D eigenvalue weighted by Gasteiger charge is -2.32. The maximum Gasteiger partial charge on any atom is 0.119 e. The Morgan fingerprint density at radius 1 is 1.10 bits per heavy atom. The normalized spacial score (nSPS) is 16.8. The molecule has 4 heteroatoms. The zero-order valence-corrected chi connectivity index (χ0v) is 13.1. The van der Waals surface area contributed by atoms with E-state index in [1.165, 1.54) is 5.56 Å². The van der Waals surface area contributed by atoms with Crippen LogP contribution in [0, 0.1) is 0 Å². The summed E-state index contributed by atoms with van der Waals surface area (Å²) in [6.45, 7) is 3.28. The number of benzene rings is 1. The van der Waals surface area contributed by atoms with Gasteiger partial charge in [0, 0.05) is 19.6 Å². The SMILES string of the molecule is COc1ccc(OC2CCN(Cc3ccsc3)CC2)cc1. The number of hydrogen-bond acceptors (Lipinski definition) is 4. The third-order valence-electron chi connectivity index (χ3n) is 3.88. The second kappa shape index (κ2) is 6.96. The number of hydrogen-bond donors (Lipinski definition) is 0. The van der Waals surface area contributed by atoms with Crippen molar-refractivity contribution in [2.75, 3.05) is 20.2 Å². The average Bonchev–Trinajstić information content (AvgIpc) is 3.03. The summed E-state index contributed by atoms with van der Waals surface area (Å²) < 4.78 is 11.2. The molecule has 3 rings (SSSR count). The summed E-state index contributed by atoms with van der Waals surface area (Å²) in [6.07, 6.45) is 2.52. The van der Waals surface area contributed by atoms with Crippen molar-refractivity contribution in [3.05, 3.63) is 46.7 Å². The molecule has 3 nitrogen and oxygen atoms in total. The van der Waals surface area contributed by atoms with Crippen LogP contribution < -0.4 is 9.47 Å². The van der Waals surface area contributed by atoms with E-state index in [0.717, 1.165) is 44.0 Å². The lowest BCUT2D eigenvalue weighted by Crippen LogP contribution is -2.37. The fourth-order valence-corrected chi connectivity index (χ4v) is 3.33. The summed E-state index contributed by atoms with van der Waals surface area (Å²) in [7, 11) is 1.68. The van der Waals surface area contributed by atoms with Crippen molar-refractivity contribution < 1.29 is 9.47 Å². The number of thiophene rings is 1. The highest BCUT2D eigenvalue weighted by Gasteiger charge is 2.20. The van der Waals surface area contributed by atoms with E-state index in [0.29, 0.717) is 6.10 Å². The van der Waals surface area contributed by atoms with Crippen LogP contribution in [0.25, 0.3) is 0 Å². The van der Waals surface area contributed by atoms with Crippen LogP contribution >= 0.6 is 11.3 Å². The fraction of sp³-hybridized carbons (Fsp3) is 0.412. The molecule has 0 amide bonds. The van der Waals surface area contributed by atoms with Gasteiger partial charge in [-0.05, 0) is 59.5 Å². The highest BCUT2D eigenvalue weighted by atomic mass is 32.1. The molecular weight excluding hydrogens is 282 g/mol. The molecule has 0 atom stereocenters. The molecule has 0 bridgehead atoms. The molecule has 21 heavy (non-hydrogen) atoms. The van der Waals surface area contributed by atoms with Crippen LogP contribution in [-0.4, -0.2) is 31.2 Å². The van der Waals surface area contributed by atoms with Crippen molar-refractivity contribution in [2.24, 2.45) is 0 Å². The largest absolute Gasteiger partial charge is 0.497 e. The Morgan fingerprint density at radius 2 is 1.81 bits per heavy atom. The molecule has 1 saturated heterocycles. The van der Waals surface area contributed by atoms with Crippen molar-refractivity contribution >= 4 is 11.3 Å². The highest BCUT2D eigenvalue weighted by molar-refractivity contribution is 7.07. The van der Waals surface area contributed by atoms with Crippen LogP contribution in [0.4, 0.5) is 0 Å². The Balaban J connectivity index is 1.46. The van der Waals surface area contributed by atoms with Crippen molar-refractivity contribution in [1.29, 1.82) is 0 Å². The van der Waals surface area contributed by atoms with Gasteiger partial charge in [-0.1, -0.05) is 0 Å². The van der Waals surface area contributed by atoms with Crippen LogP contribution in [0.1, 0.15) is 18.4 Å². The molecule has 0 saturated carbocycles. The third-order valence-corrected chi connectivity index (χ3v) is 4.62. The number of ether oxygens (including phenoxy) is 2. The maximum absolute atomic E-state index is 6.06. The predicted molar refractivity (Wildman–Crippen MR) is 86.2 cm³/mol. The molecule has 0 aliphatic carbocycles. The molecule has 1 aromatic carbocycles. The molecule has 1 aromatic heterocycles. The minimum absolute atomic E-state index is 0.331. The lowest BCUT2D eigenvalue weighted by atomic mass is 10.1.